The Balaban J connectivity index is 2.41. The van der Waals surface area contributed by atoms with Gasteiger partial charge in [-0.05, 0) is 31.3 Å². The van der Waals surface area contributed by atoms with Crippen molar-refractivity contribution >= 4 is 33.1 Å². The molecule has 1 fully saturated rings. The Bertz CT molecular complexity index is 774. The summed E-state index contributed by atoms with van der Waals surface area (Å²) < 4.78 is 24.8. The van der Waals surface area contributed by atoms with Crippen molar-refractivity contribution in [3.05, 3.63) is 40.9 Å². The van der Waals surface area contributed by atoms with Gasteiger partial charge < -0.3 is 10.2 Å². The Morgan fingerprint density at radius 1 is 1.43 bits per heavy atom. The van der Waals surface area contributed by atoms with E-state index in [0.717, 1.165) is 11.8 Å². The number of thiocarbonyl (C=S) groups is 1. The first-order valence-corrected chi connectivity index (χ1v) is 7.78. The summed E-state index contributed by atoms with van der Waals surface area (Å²) in [7, 11) is -3.94. The Morgan fingerprint density at radius 2 is 2.05 bits per heavy atom. The van der Waals surface area contributed by atoms with Crippen molar-refractivity contribution in [1.82, 2.24) is 10.2 Å². The van der Waals surface area contributed by atoms with E-state index in [0.29, 0.717) is 0 Å². The van der Waals surface area contributed by atoms with Gasteiger partial charge in [-0.15, -0.1) is 0 Å². The lowest BCUT2D eigenvalue weighted by atomic mass is 10.2. The fourth-order valence-electron chi connectivity index (χ4n) is 1.71. The van der Waals surface area contributed by atoms with E-state index in [1.807, 2.05) is 6.92 Å². The molecule has 1 aliphatic rings. The molecule has 108 valence electrons. The molecule has 2 rings (SSSR count). The maximum Gasteiger partial charge on any atom is 0.246 e. The van der Waals surface area contributed by atoms with Crippen molar-refractivity contribution in [2.75, 3.05) is 6.54 Å². The Kier molecular flexibility index (Phi) is 4.06. The molecule has 1 aromatic rings. The summed E-state index contributed by atoms with van der Waals surface area (Å²) in [5.74, 6) is -0.346. The van der Waals surface area contributed by atoms with Crippen molar-refractivity contribution in [1.29, 1.82) is 5.26 Å². The number of nitrogens with one attached hydrogen (secondary N) is 1. The average molecular weight is 321 g/mol. The van der Waals surface area contributed by atoms with Crippen molar-refractivity contribution in [2.24, 2.45) is 0 Å². The molecule has 0 atom stereocenters. The molecule has 1 heterocycles. The van der Waals surface area contributed by atoms with Crippen LogP contribution in [0.15, 0.2) is 40.3 Å². The van der Waals surface area contributed by atoms with Gasteiger partial charge in [-0.2, -0.15) is 5.26 Å². The molecule has 0 spiro atoms. The van der Waals surface area contributed by atoms with Crippen LogP contribution in [-0.2, 0) is 14.6 Å². The summed E-state index contributed by atoms with van der Waals surface area (Å²) in [5.41, 5.74) is 0.909. The highest BCUT2D eigenvalue weighted by Crippen LogP contribution is 2.20. The Labute approximate surface area is 127 Å². The predicted octanol–water partition coefficient (Wildman–Crippen LogP) is 0.850. The van der Waals surface area contributed by atoms with Crippen LogP contribution in [-0.4, -0.2) is 30.9 Å². The number of sulfone groups is 1. The predicted molar refractivity (Wildman–Crippen MR) is 79.5 cm³/mol. The molecule has 0 aromatic heterocycles. The molecule has 1 N–H and O–H groups in total. The third-order valence-corrected chi connectivity index (χ3v) is 4.83. The highest BCUT2D eigenvalue weighted by molar-refractivity contribution is 7.95. The van der Waals surface area contributed by atoms with E-state index in [1.165, 1.54) is 17.0 Å². The number of amides is 1. The summed E-state index contributed by atoms with van der Waals surface area (Å²) in [6.45, 7) is 1.73. The second kappa shape index (κ2) is 5.63. The van der Waals surface area contributed by atoms with Gasteiger partial charge in [0.1, 0.15) is 12.6 Å². The highest BCUT2D eigenvalue weighted by Gasteiger charge is 2.26. The van der Waals surface area contributed by atoms with Crippen LogP contribution in [0.4, 0.5) is 0 Å². The van der Waals surface area contributed by atoms with E-state index in [2.05, 4.69) is 5.32 Å². The fourth-order valence-corrected chi connectivity index (χ4v) is 3.07. The molecule has 1 aromatic carbocycles. The number of carbonyl (C=O) groups is 1. The van der Waals surface area contributed by atoms with Crippen LogP contribution in [0.5, 0.6) is 0 Å². The van der Waals surface area contributed by atoms with Crippen molar-refractivity contribution < 1.29 is 13.2 Å². The third-order valence-electron chi connectivity index (χ3n) is 2.83. The van der Waals surface area contributed by atoms with Gasteiger partial charge in [-0.3, -0.25) is 4.79 Å². The van der Waals surface area contributed by atoms with Crippen LogP contribution in [0.1, 0.15) is 5.56 Å². The lowest BCUT2D eigenvalue weighted by Crippen LogP contribution is -2.24. The van der Waals surface area contributed by atoms with Crippen LogP contribution in [0.3, 0.4) is 0 Å². The van der Waals surface area contributed by atoms with Crippen LogP contribution in [0.25, 0.3) is 0 Å². The smallest absolute Gasteiger partial charge is 0.246 e. The molecular weight excluding hydrogens is 310 g/mol. The molecule has 0 bridgehead atoms. The van der Waals surface area contributed by atoms with Gasteiger partial charge in [0, 0.05) is 6.20 Å². The van der Waals surface area contributed by atoms with Crippen LogP contribution in [0.2, 0.25) is 0 Å². The maximum atomic E-state index is 12.4. The van der Waals surface area contributed by atoms with Crippen molar-refractivity contribution in [2.45, 2.75) is 11.8 Å². The quantitative estimate of drug-likeness (QED) is 0.656. The summed E-state index contributed by atoms with van der Waals surface area (Å²) in [6.07, 6.45) is 1.08. The van der Waals surface area contributed by atoms with Crippen molar-refractivity contribution in [3.63, 3.8) is 0 Å². The summed E-state index contributed by atoms with van der Waals surface area (Å²) in [6, 6.07) is 7.81. The van der Waals surface area contributed by atoms with Gasteiger partial charge in [0.25, 0.3) is 0 Å². The van der Waals surface area contributed by atoms with Gasteiger partial charge in [0.05, 0.1) is 4.90 Å². The molecule has 0 unspecified atom stereocenters. The SMILES string of the molecule is Cc1ccc(S(=O)(=O)/C(C#N)=C\N2CC(=O)NC2=S)cc1. The zero-order chi connectivity index (χ0) is 15.6. The molecular formula is C13H11N3O3S2. The van der Waals surface area contributed by atoms with E-state index < -0.39 is 14.7 Å². The first kappa shape index (κ1) is 15.2. The Morgan fingerprint density at radius 3 is 2.52 bits per heavy atom. The number of aryl methyl sites for hydroxylation is 1. The minimum atomic E-state index is -3.94. The standard InChI is InChI=1S/C13H11N3O3S2/c1-9-2-4-10(5-3-9)21(18,19)11(6-14)7-16-8-12(17)15-13(16)20/h2-5,7H,8H2,1H3,(H,15,17,20)/b11-7-. The summed E-state index contributed by atoms with van der Waals surface area (Å²) in [4.78, 5) is 12.0. The highest BCUT2D eigenvalue weighted by atomic mass is 32.2. The average Bonchev–Trinajstić information content (AvgIpc) is 2.74. The van der Waals surface area contributed by atoms with Gasteiger partial charge in [0.2, 0.25) is 15.7 Å². The zero-order valence-electron chi connectivity index (χ0n) is 11.0. The maximum absolute atomic E-state index is 12.4. The molecule has 6 nitrogen and oxygen atoms in total. The van der Waals surface area contributed by atoms with E-state index in [4.69, 9.17) is 17.5 Å². The van der Waals surface area contributed by atoms with Crippen molar-refractivity contribution in [3.8, 4) is 6.07 Å². The minimum Gasteiger partial charge on any atom is -0.314 e. The lowest BCUT2D eigenvalue weighted by Gasteiger charge is -2.10. The number of allylic oxidation sites excluding steroid dienone is 1. The number of carbonyl (C=O) groups excluding carboxylic acids is 1. The second-order valence-corrected chi connectivity index (χ2v) is 6.71. The number of nitriles is 1. The first-order valence-electron chi connectivity index (χ1n) is 5.89. The molecule has 1 amide bonds. The van der Waals surface area contributed by atoms with E-state index in [1.54, 1.807) is 18.2 Å². The Hall–Kier alpha value is -2.24. The first-order chi connectivity index (χ1) is 9.84. The van der Waals surface area contributed by atoms with Crippen LogP contribution in [0, 0.1) is 18.3 Å². The number of benzene rings is 1. The van der Waals surface area contributed by atoms with Crippen LogP contribution >= 0.6 is 12.2 Å². The molecule has 1 saturated heterocycles. The fraction of sp³-hybridized carbons (Fsp3) is 0.154. The molecule has 0 saturated carbocycles. The normalized spacial score (nSPS) is 15.8. The van der Waals surface area contributed by atoms with E-state index in [9.17, 15) is 13.2 Å². The number of rotatable bonds is 3. The van der Waals surface area contributed by atoms with E-state index >= 15 is 0 Å². The van der Waals surface area contributed by atoms with Gasteiger partial charge in [-0.1, -0.05) is 17.7 Å². The molecule has 0 radical (unpaired) electrons. The van der Waals surface area contributed by atoms with Gasteiger partial charge in [-0.25, -0.2) is 8.42 Å². The number of nitrogens with zero attached hydrogens (tertiary/aromatic N) is 2. The molecule has 8 heteroatoms. The third kappa shape index (κ3) is 3.09. The van der Waals surface area contributed by atoms with E-state index in [-0.39, 0.29) is 22.5 Å². The topological polar surface area (TPSA) is 90.3 Å². The summed E-state index contributed by atoms with van der Waals surface area (Å²) in [5, 5.41) is 11.6. The van der Waals surface area contributed by atoms with Gasteiger partial charge in [0.15, 0.2) is 10.0 Å². The van der Waals surface area contributed by atoms with Gasteiger partial charge >= 0.3 is 0 Å². The molecule has 0 aliphatic carbocycles. The number of hydrogen-bond acceptors (Lipinski definition) is 5. The number of hydrogen-bond donors (Lipinski definition) is 1. The monoisotopic (exact) mass is 321 g/mol. The second-order valence-electron chi connectivity index (χ2n) is 4.40. The summed E-state index contributed by atoms with van der Waals surface area (Å²) >= 11 is 4.89. The zero-order valence-corrected chi connectivity index (χ0v) is 12.7. The molecule has 21 heavy (non-hydrogen) atoms. The van der Waals surface area contributed by atoms with Crippen LogP contribution < -0.4 is 5.32 Å². The molecule has 1 aliphatic heterocycles. The largest absolute Gasteiger partial charge is 0.314 e. The lowest BCUT2D eigenvalue weighted by molar-refractivity contribution is -0.118. The minimum absolute atomic E-state index is 0.0188.